The molecule has 0 bridgehead atoms. The van der Waals surface area contributed by atoms with Crippen molar-refractivity contribution in [2.75, 3.05) is 37.7 Å². The van der Waals surface area contributed by atoms with Gasteiger partial charge < -0.3 is 9.64 Å². The van der Waals surface area contributed by atoms with Crippen LogP contribution in [0.25, 0.3) is 0 Å². The topological polar surface area (TPSA) is 49.9 Å². The molecule has 0 amide bonds. The van der Waals surface area contributed by atoms with Gasteiger partial charge in [0.05, 0.1) is 6.61 Å². The molecular weight excluding hydrogens is 408 g/mol. The maximum absolute atomic E-state index is 13.4. The molecule has 0 N–H and O–H groups in total. The highest BCUT2D eigenvalue weighted by Gasteiger charge is 2.32. The molecule has 29 heavy (non-hydrogen) atoms. The minimum atomic E-state index is -3.69. The molecular formula is C22H29ClN2O3S. The lowest BCUT2D eigenvalue weighted by atomic mass is 10.1. The Kier molecular flexibility index (Phi) is 6.76. The van der Waals surface area contributed by atoms with Crippen LogP contribution in [0.2, 0.25) is 5.02 Å². The van der Waals surface area contributed by atoms with E-state index in [0.29, 0.717) is 43.6 Å². The molecule has 0 saturated carbocycles. The van der Waals surface area contributed by atoms with Crippen LogP contribution in [0.15, 0.2) is 35.2 Å². The quantitative estimate of drug-likeness (QED) is 0.665. The molecule has 0 aromatic heterocycles. The highest BCUT2D eigenvalue weighted by atomic mass is 35.5. The molecule has 2 aromatic carbocycles. The summed E-state index contributed by atoms with van der Waals surface area (Å²) in [6.45, 7) is 10.7. The third-order valence-corrected chi connectivity index (χ3v) is 7.79. The van der Waals surface area contributed by atoms with Crippen LogP contribution in [0, 0.1) is 20.8 Å². The summed E-state index contributed by atoms with van der Waals surface area (Å²) < 4.78 is 34.0. The van der Waals surface area contributed by atoms with E-state index in [9.17, 15) is 8.42 Å². The van der Waals surface area contributed by atoms with Crippen LogP contribution >= 0.6 is 11.6 Å². The lowest BCUT2D eigenvalue weighted by Gasteiger charge is -2.36. The lowest BCUT2D eigenvalue weighted by Crippen LogP contribution is -2.49. The van der Waals surface area contributed by atoms with E-state index >= 15 is 0 Å². The van der Waals surface area contributed by atoms with Gasteiger partial charge in [-0.1, -0.05) is 30.7 Å². The van der Waals surface area contributed by atoms with Crippen molar-refractivity contribution < 1.29 is 13.2 Å². The maximum atomic E-state index is 13.4. The second-order valence-electron chi connectivity index (χ2n) is 7.51. The van der Waals surface area contributed by atoms with Crippen LogP contribution in [0.1, 0.15) is 30.0 Å². The Morgan fingerprint density at radius 1 is 1.03 bits per heavy atom. The summed E-state index contributed by atoms with van der Waals surface area (Å²) in [5.41, 5.74) is 4.46. The molecule has 0 unspecified atom stereocenters. The largest absolute Gasteiger partial charge is 0.492 e. The Hall–Kier alpha value is -1.76. The molecule has 1 aliphatic heterocycles. The highest BCUT2D eigenvalue weighted by Crippen LogP contribution is 2.33. The van der Waals surface area contributed by atoms with Gasteiger partial charge in [-0.15, -0.1) is 0 Å². The van der Waals surface area contributed by atoms with Crippen molar-refractivity contribution in [3.8, 4) is 5.75 Å². The first-order chi connectivity index (χ1) is 13.8. The van der Waals surface area contributed by atoms with Gasteiger partial charge in [0.2, 0.25) is 10.0 Å². The number of ether oxygens (including phenoxy) is 1. The number of hydrogen-bond donors (Lipinski definition) is 0. The molecule has 5 nitrogen and oxygen atoms in total. The summed E-state index contributed by atoms with van der Waals surface area (Å²) >= 11 is 6.25. The van der Waals surface area contributed by atoms with Gasteiger partial charge in [-0.2, -0.15) is 4.31 Å². The highest BCUT2D eigenvalue weighted by molar-refractivity contribution is 7.89. The SMILES string of the molecule is CCCOc1cc(C)c(Cl)cc1S(=O)(=O)N1CCN(c2cccc(C)c2C)CC1. The summed E-state index contributed by atoms with van der Waals surface area (Å²) in [5.74, 6) is 0.380. The molecule has 0 spiro atoms. The summed E-state index contributed by atoms with van der Waals surface area (Å²) in [6, 6.07) is 9.49. The van der Waals surface area contributed by atoms with Gasteiger partial charge >= 0.3 is 0 Å². The zero-order valence-electron chi connectivity index (χ0n) is 17.5. The van der Waals surface area contributed by atoms with Crippen molar-refractivity contribution in [3.05, 3.63) is 52.0 Å². The normalized spacial score (nSPS) is 15.6. The minimum Gasteiger partial charge on any atom is -0.492 e. The predicted octanol–water partition coefficient (Wildman–Crippen LogP) is 4.56. The van der Waals surface area contributed by atoms with Gasteiger partial charge in [0.25, 0.3) is 0 Å². The molecule has 1 heterocycles. The Balaban J connectivity index is 1.83. The van der Waals surface area contributed by atoms with Crippen LogP contribution in [-0.4, -0.2) is 45.5 Å². The Morgan fingerprint density at radius 2 is 1.72 bits per heavy atom. The summed E-state index contributed by atoms with van der Waals surface area (Å²) in [5, 5.41) is 0.432. The third kappa shape index (κ3) is 4.55. The van der Waals surface area contributed by atoms with Gasteiger partial charge in [0, 0.05) is 36.9 Å². The molecule has 0 aliphatic carbocycles. The Morgan fingerprint density at radius 3 is 2.38 bits per heavy atom. The number of benzene rings is 2. The Bertz CT molecular complexity index is 984. The first kappa shape index (κ1) is 21.9. The van der Waals surface area contributed by atoms with E-state index in [4.69, 9.17) is 16.3 Å². The number of sulfonamides is 1. The molecule has 1 fully saturated rings. The zero-order valence-corrected chi connectivity index (χ0v) is 19.1. The number of aryl methyl sites for hydroxylation is 2. The van der Waals surface area contributed by atoms with Gasteiger partial charge in [-0.05, 0) is 62.1 Å². The summed E-state index contributed by atoms with van der Waals surface area (Å²) in [4.78, 5) is 2.41. The smallest absolute Gasteiger partial charge is 0.246 e. The number of piperazine rings is 1. The molecule has 0 radical (unpaired) electrons. The standard InChI is InChI=1S/C22H29ClN2O3S/c1-5-13-28-21-14-17(3)19(23)15-22(21)29(26,27)25-11-9-24(10-12-25)20-8-6-7-16(2)18(20)4/h6-8,14-15H,5,9-13H2,1-4H3. The molecule has 2 aromatic rings. The van der Waals surface area contributed by atoms with Crippen molar-refractivity contribution in [1.82, 2.24) is 4.31 Å². The fraction of sp³-hybridized carbons (Fsp3) is 0.455. The number of halogens is 1. The van der Waals surface area contributed by atoms with E-state index < -0.39 is 10.0 Å². The second kappa shape index (κ2) is 8.94. The summed E-state index contributed by atoms with van der Waals surface area (Å²) in [7, 11) is -3.69. The van der Waals surface area contributed by atoms with E-state index in [1.54, 1.807) is 6.07 Å². The number of nitrogens with zero attached hydrogens (tertiary/aromatic N) is 2. The van der Waals surface area contributed by atoms with Gasteiger partial charge in [0.15, 0.2) is 0 Å². The average Bonchev–Trinajstić information content (AvgIpc) is 2.70. The van der Waals surface area contributed by atoms with Crippen molar-refractivity contribution in [3.63, 3.8) is 0 Å². The molecule has 7 heteroatoms. The lowest BCUT2D eigenvalue weighted by molar-refractivity contribution is 0.306. The third-order valence-electron chi connectivity index (χ3n) is 5.46. The van der Waals surface area contributed by atoms with Crippen LogP contribution in [0.4, 0.5) is 5.69 Å². The second-order valence-corrected chi connectivity index (χ2v) is 9.82. The van der Waals surface area contributed by atoms with Crippen molar-refractivity contribution >= 4 is 27.3 Å². The number of hydrogen-bond acceptors (Lipinski definition) is 4. The fourth-order valence-electron chi connectivity index (χ4n) is 3.55. The van der Waals surface area contributed by atoms with Gasteiger partial charge in [-0.3, -0.25) is 0 Å². The monoisotopic (exact) mass is 436 g/mol. The van der Waals surface area contributed by atoms with Crippen molar-refractivity contribution in [2.45, 2.75) is 39.0 Å². The Labute approximate surface area is 179 Å². The maximum Gasteiger partial charge on any atom is 0.246 e. The number of anilines is 1. The number of rotatable bonds is 6. The molecule has 158 valence electrons. The first-order valence-electron chi connectivity index (χ1n) is 10.00. The van der Waals surface area contributed by atoms with Crippen LogP contribution < -0.4 is 9.64 Å². The molecule has 1 aliphatic rings. The molecule has 3 rings (SSSR count). The van der Waals surface area contributed by atoms with E-state index in [2.05, 4.69) is 30.9 Å². The van der Waals surface area contributed by atoms with Crippen LogP contribution in [-0.2, 0) is 10.0 Å². The van der Waals surface area contributed by atoms with Gasteiger partial charge in [-0.25, -0.2) is 8.42 Å². The average molecular weight is 437 g/mol. The van der Waals surface area contributed by atoms with Crippen LogP contribution in [0.5, 0.6) is 5.75 Å². The van der Waals surface area contributed by atoms with E-state index in [-0.39, 0.29) is 4.90 Å². The van der Waals surface area contributed by atoms with Crippen molar-refractivity contribution in [2.24, 2.45) is 0 Å². The van der Waals surface area contributed by atoms with Crippen LogP contribution in [0.3, 0.4) is 0 Å². The summed E-state index contributed by atoms with van der Waals surface area (Å²) in [6.07, 6.45) is 0.801. The zero-order chi connectivity index (χ0) is 21.2. The minimum absolute atomic E-state index is 0.154. The van der Waals surface area contributed by atoms with E-state index in [0.717, 1.165) is 12.0 Å². The van der Waals surface area contributed by atoms with E-state index in [1.807, 2.05) is 19.9 Å². The predicted molar refractivity (Wildman–Crippen MR) is 119 cm³/mol. The van der Waals surface area contributed by atoms with Gasteiger partial charge in [0.1, 0.15) is 10.6 Å². The fourth-order valence-corrected chi connectivity index (χ4v) is 5.34. The molecule has 0 atom stereocenters. The van der Waals surface area contributed by atoms with Crippen molar-refractivity contribution in [1.29, 1.82) is 0 Å². The first-order valence-corrected chi connectivity index (χ1v) is 11.8. The van der Waals surface area contributed by atoms with E-state index in [1.165, 1.54) is 27.2 Å². The molecule has 1 saturated heterocycles.